The summed E-state index contributed by atoms with van der Waals surface area (Å²) in [4.78, 5) is 26.7. The molecule has 0 spiro atoms. The van der Waals surface area contributed by atoms with Crippen molar-refractivity contribution in [3.05, 3.63) is 42.0 Å². The Balaban J connectivity index is 1.75. The summed E-state index contributed by atoms with van der Waals surface area (Å²) >= 11 is 0. The highest BCUT2D eigenvalue weighted by Gasteiger charge is 2.30. The highest BCUT2D eigenvalue weighted by atomic mass is 16.5. The molecule has 0 amide bonds. The van der Waals surface area contributed by atoms with E-state index in [0.29, 0.717) is 32.7 Å². The lowest BCUT2D eigenvalue weighted by molar-refractivity contribution is -0.144. The van der Waals surface area contributed by atoms with E-state index in [9.17, 15) is 14.7 Å². The molecule has 3 rings (SSSR count). The van der Waals surface area contributed by atoms with Crippen molar-refractivity contribution in [1.29, 1.82) is 0 Å². The molecule has 1 aliphatic rings. The minimum absolute atomic E-state index is 0.108. The van der Waals surface area contributed by atoms with Gasteiger partial charge in [0.25, 0.3) is 0 Å². The minimum atomic E-state index is -0.873. The molecular weight excluding hydrogens is 348 g/mol. The summed E-state index contributed by atoms with van der Waals surface area (Å²) in [6.45, 7) is 3.02. The van der Waals surface area contributed by atoms with Gasteiger partial charge in [0, 0.05) is 32.7 Å². The summed E-state index contributed by atoms with van der Waals surface area (Å²) in [7, 11) is 1.62. The van der Waals surface area contributed by atoms with E-state index in [1.807, 2.05) is 41.3 Å². The van der Waals surface area contributed by atoms with Crippen LogP contribution < -0.4 is 4.74 Å². The number of hydrogen-bond acceptors (Lipinski definition) is 5. The van der Waals surface area contributed by atoms with Gasteiger partial charge in [0.05, 0.1) is 13.5 Å². The zero-order valence-corrected chi connectivity index (χ0v) is 15.3. The normalized spacial score (nSPS) is 16.9. The van der Waals surface area contributed by atoms with Crippen molar-refractivity contribution in [2.24, 2.45) is 0 Å². The fraction of sp³-hybridized carbons (Fsp3) is 0.400. The summed E-state index contributed by atoms with van der Waals surface area (Å²) in [5.74, 6) is -0.919. The SMILES string of the molecule is COc1ccc2cc(C(C(=O)O)N3CCN(CCC(=O)O)CC3)ccc2c1. The number of fused-ring (bicyclic) bond motifs is 1. The Kier molecular flexibility index (Phi) is 5.93. The summed E-state index contributed by atoms with van der Waals surface area (Å²) in [6, 6.07) is 10.7. The number of aliphatic carboxylic acids is 2. The molecule has 0 radical (unpaired) electrons. The molecule has 0 saturated carbocycles. The molecule has 1 aliphatic heterocycles. The van der Waals surface area contributed by atoms with E-state index in [4.69, 9.17) is 9.84 Å². The highest BCUT2D eigenvalue weighted by Crippen LogP contribution is 2.28. The second-order valence-corrected chi connectivity index (χ2v) is 6.73. The molecular formula is C20H24N2O5. The number of ether oxygens (including phenoxy) is 1. The third-order valence-corrected chi connectivity index (χ3v) is 5.04. The molecule has 2 N–H and O–H groups in total. The molecule has 2 aromatic carbocycles. The van der Waals surface area contributed by atoms with Crippen LogP contribution in [0.25, 0.3) is 10.8 Å². The maximum absolute atomic E-state index is 12.0. The number of hydrogen-bond donors (Lipinski definition) is 2. The molecule has 7 heteroatoms. The topological polar surface area (TPSA) is 90.3 Å². The van der Waals surface area contributed by atoms with E-state index >= 15 is 0 Å². The van der Waals surface area contributed by atoms with E-state index < -0.39 is 18.0 Å². The number of benzene rings is 2. The van der Waals surface area contributed by atoms with Crippen LogP contribution in [0.3, 0.4) is 0 Å². The lowest BCUT2D eigenvalue weighted by Crippen LogP contribution is -2.49. The summed E-state index contributed by atoms with van der Waals surface area (Å²) < 4.78 is 5.23. The van der Waals surface area contributed by atoms with Gasteiger partial charge in [-0.3, -0.25) is 14.5 Å². The van der Waals surface area contributed by atoms with Crippen LogP contribution in [0.15, 0.2) is 36.4 Å². The Bertz CT molecular complexity index is 830. The van der Waals surface area contributed by atoms with Gasteiger partial charge < -0.3 is 19.8 Å². The lowest BCUT2D eigenvalue weighted by Gasteiger charge is -2.37. The maximum Gasteiger partial charge on any atom is 0.325 e. The quantitative estimate of drug-likeness (QED) is 0.769. The molecule has 1 saturated heterocycles. The Hall–Kier alpha value is -2.64. The van der Waals surface area contributed by atoms with Crippen LogP contribution in [0.5, 0.6) is 5.75 Å². The average Bonchev–Trinajstić information content (AvgIpc) is 2.66. The van der Waals surface area contributed by atoms with E-state index in [1.165, 1.54) is 0 Å². The number of rotatable bonds is 7. The van der Waals surface area contributed by atoms with Crippen molar-refractivity contribution in [1.82, 2.24) is 9.80 Å². The van der Waals surface area contributed by atoms with Crippen LogP contribution >= 0.6 is 0 Å². The molecule has 7 nitrogen and oxygen atoms in total. The smallest absolute Gasteiger partial charge is 0.325 e. The molecule has 2 aromatic rings. The van der Waals surface area contributed by atoms with Gasteiger partial charge in [0.1, 0.15) is 11.8 Å². The van der Waals surface area contributed by atoms with Crippen LogP contribution in [-0.2, 0) is 9.59 Å². The zero-order chi connectivity index (χ0) is 19.4. The standard InChI is InChI=1S/C20H24N2O5/c1-27-17-5-4-14-12-16(3-2-15(14)13-17)19(20(25)26)22-10-8-21(9-11-22)7-6-18(23)24/h2-5,12-13,19H,6-11H2,1H3,(H,23,24)(H,25,26). The van der Waals surface area contributed by atoms with Crippen LogP contribution in [0, 0.1) is 0 Å². The molecule has 1 heterocycles. The molecule has 144 valence electrons. The summed E-state index contributed by atoms with van der Waals surface area (Å²) in [5.41, 5.74) is 0.749. The van der Waals surface area contributed by atoms with Crippen molar-refractivity contribution in [2.75, 3.05) is 39.8 Å². The predicted molar refractivity (Wildman–Crippen MR) is 101 cm³/mol. The molecule has 27 heavy (non-hydrogen) atoms. The first-order valence-electron chi connectivity index (χ1n) is 8.96. The third-order valence-electron chi connectivity index (χ3n) is 5.04. The Morgan fingerprint density at radius 1 is 1.04 bits per heavy atom. The highest BCUT2D eigenvalue weighted by molar-refractivity contribution is 5.86. The Labute approximate surface area is 157 Å². The van der Waals surface area contributed by atoms with Crippen LogP contribution in [0.1, 0.15) is 18.0 Å². The molecule has 1 unspecified atom stereocenters. The number of carboxylic acids is 2. The predicted octanol–water partition coefficient (Wildman–Crippen LogP) is 2.07. The van der Waals surface area contributed by atoms with Crippen molar-refractivity contribution >= 4 is 22.7 Å². The maximum atomic E-state index is 12.0. The van der Waals surface area contributed by atoms with Crippen molar-refractivity contribution in [2.45, 2.75) is 12.5 Å². The first-order chi connectivity index (χ1) is 13.0. The van der Waals surface area contributed by atoms with Crippen molar-refractivity contribution in [3.63, 3.8) is 0 Å². The van der Waals surface area contributed by atoms with Crippen LogP contribution in [0.4, 0.5) is 0 Å². The number of carbonyl (C=O) groups is 2. The number of methoxy groups -OCH3 is 1. The van der Waals surface area contributed by atoms with Gasteiger partial charge >= 0.3 is 11.9 Å². The van der Waals surface area contributed by atoms with E-state index in [-0.39, 0.29) is 6.42 Å². The van der Waals surface area contributed by atoms with Gasteiger partial charge in [-0.2, -0.15) is 0 Å². The van der Waals surface area contributed by atoms with Gasteiger partial charge in [0.15, 0.2) is 0 Å². The summed E-state index contributed by atoms with van der Waals surface area (Å²) in [5, 5.41) is 20.6. The second-order valence-electron chi connectivity index (χ2n) is 6.73. The monoisotopic (exact) mass is 372 g/mol. The molecule has 1 fully saturated rings. The Morgan fingerprint density at radius 2 is 1.70 bits per heavy atom. The van der Waals surface area contributed by atoms with Gasteiger partial charge in [-0.05, 0) is 34.5 Å². The number of nitrogens with zero attached hydrogens (tertiary/aromatic N) is 2. The van der Waals surface area contributed by atoms with Gasteiger partial charge in [-0.15, -0.1) is 0 Å². The zero-order valence-electron chi connectivity index (χ0n) is 15.3. The van der Waals surface area contributed by atoms with Crippen molar-refractivity contribution < 1.29 is 24.5 Å². The molecule has 0 aromatic heterocycles. The third kappa shape index (κ3) is 4.56. The molecule has 1 atom stereocenters. The first-order valence-corrected chi connectivity index (χ1v) is 8.96. The van der Waals surface area contributed by atoms with Crippen LogP contribution in [-0.4, -0.2) is 71.8 Å². The van der Waals surface area contributed by atoms with Gasteiger partial charge in [-0.25, -0.2) is 0 Å². The fourth-order valence-electron chi connectivity index (χ4n) is 3.55. The average molecular weight is 372 g/mol. The molecule has 0 bridgehead atoms. The largest absolute Gasteiger partial charge is 0.497 e. The Morgan fingerprint density at radius 3 is 2.33 bits per heavy atom. The van der Waals surface area contributed by atoms with E-state index in [1.54, 1.807) is 7.11 Å². The van der Waals surface area contributed by atoms with E-state index in [2.05, 4.69) is 4.90 Å². The van der Waals surface area contributed by atoms with E-state index in [0.717, 1.165) is 22.1 Å². The second kappa shape index (κ2) is 8.37. The van der Waals surface area contributed by atoms with Crippen LogP contribution in [0.2, 0.25) is 0 Å². The first kappa shape index (κ1) is 19.1. The number of carboxylic acid groups (broad SMARTS) is 2. The molecule has 0 aliphatic carbocycles. The van der Waals surface area contributed by atoms with Crippen molar-refractivity contribution in [3.8, 4) is 5.75 Å². The number of piperazine rings is 1. The fourth-order valence-corrected chi connectivity index (χ4v) is 3.55. The summed E-state index contributed by atoms with van der Waals surface area (Å²) in [6.07, 6.45) is 0.108. The van der Waals surface area contributed by atoms with Gasteiger partial charge in [-0.1, -0.05) is 18.2 Å². The minimum Gasteiger partial charge on any atom is -0.497 e. The van der Waals surface area contributed by atoms with Gasteiger partial charge in [0.2, 0.25) is 0 Å². The lowest BCUT2D eigenvalue weighted by atomic mass is 10.00.